The third-order valence-corrected chi connectivity index (χ3v) is 5.10. The van der Waals surface area contributed by atoms with Crippen LogP contribution in [-0.2, 0) is 0 Å². The number of hydrogen-bond donors (Lipinski definition) is 1. The van der Waals surface area contributed by atoms with Gasteiger partial charge in [0.05, 0.1) is 0 Å². The lowest BCUT2D eigenvalue weighted by Crippen LogP contribution is -2.26. The molecule has 1 aromatic rings. The van der Waals surface area contributed by atoms with Crippen molar-refractivity contribution in [1.29, 1.82) is 0 Å². The molecule has 1 aromatic heterocycles. The van der Waals surface area contributed by atoms with Crippen LogP contribution in [0.1, 0.15) is 82.7 Å². The van der Waals surface area contributed by atoms with Crippen LogP contribution in [0.3, 0.4) is 0 Å². The molecule has 0 spiro atoms. The number of nitrogens with two attached hydrogens (primary N) is 1. The molecular formula is C17H27N3. The monoisotopic (exact) mass is 273 g/mol. The van der Waals surface area contributed by atoms with Crippen LogP contribution in [0.5, 0.6) is 0 Å². The Bertz CT molecular complexity index is 477. The fraction of sp³-hybridized carbons (Fsp3) is 0.765. The third-order valence-electron chi connectivity index (χ3n) is 5.10. The Hall–Kier alpha value is -1.12. The number of aromatic nitrogens is 2. The van der Waals surface area contributed by atoms with Gasteiger partial charge in [-0.15, -0.1) is 0 Å². The second-order valence-corrected chi connectivity index (χ2v) is 7.76. The zero-order valence-corrected chi connectivity index (χ0v) is 13.0. The molecule has 0 aromatic carbocycles. The van der Waals surface area contributed by atoms with Gasteiger partial charge in [0.25, 0.3) is 0 Å². The highest BCUT2D eigenvalue weighted by molar-refractivity contribution is 5.33. The molecule has 3 nitrogen and oxygen atoms in total. The van der Waals surface area contributed by atoms with Gasteiger partial charge in [-0.1, -0.05) is 20.8 Å². The first-order valence-corrected chi connectivity index (χ1v) is 8.08. The molecule has 0 aliphatic heterocycles. The Kier molecular flexibility index (Phi) is 3.47. The molecule has 0 bridgehead atoms. The average Bonchev–Trinajstić information content (AvgIpc) is 3.21. The molecule has 110 valence electrons. The lowest BCUT2D eigenvalue weighted by molar-refractivity contribution is 0.167. The van der Waals surface area contributed by atoms with Gasteiger partial charge < -0.3 is 5.73 Å². The van der Waals surface area contributed by atoms with E-state index in [2.05, 4.69) is 25.8 Å². The minimum atomic E-state index is 0.431. The fourth-order valence-corrected chi connectivity index (χ4v) is 3.49. The van der Waals surface area contributed by atoms with E-state index in [0.29, 0.717) is 23.1 Å². The van der Waals surface area contributed by atoms with Gasteiger partial charge in [0.1, 0.15) is 11.6 Å². The molecule has 2 aliphatic rings. The highest BCUT2D eigenvalue weighted by atomic mass is 15.0. The molecule has 3 rings (SSSR count). The summed E-state index contributed by atoms with van der Waals surface area (Å²) in [5.41, 5.74) is 7.59. The van der Waals surface area contributed by atoms with Crippen LogP contribution < -0.4 is 5.73 Å². The van der Waals surface area contributed by atoms with Gasteiger partial charge in [0, 0.05) is 23.6 Å². The second-order valence-electron chi connectivity index (χ2n) is 7.76. The topological polar surface area (TPSA) is 51.8 Å². The van der Waals surface area contributed by atoms with Crippen molar-refractivity contribution in [2.24, 2.45) is 11.3 Å². The highest BCUT2D eigenvalue weighted by Gasteiger charge is 2.32. The van der Waals surface area contributed by atoms with Crippen molar-refractivity contribution in [3.8, 4) is 0 Å². The molecule has 2 aliphatic carbocycles. The molecule has 2 N–H and O–H groups in total. The van der Waals surface area contributed by atoms with Crippen LogP contribution >= 0.6 is 0 Å². The van der Waals surface area contributed by atoms with Crippen molar-refractivity contribution in [1.82, 2.24) is 9.97 Å². The number of anilines is 1. The predicted molar refractivity (Wildman–Crippen MR) is 82.6 cm³/mol. The van der Waals surface area contributed by atoms with Crippen molar-refractivity contribution in [3.63, 3.8) is 0 Å². The predicted octanol–water partition coefficient (Wildman–Crippen LogP) is 4.26. The third kappa shape index (κ3) is 2.97. The Balaban J connectivity index is 1.71. The van der Waals surface area contributed by atoms with E-state index in [9.17, 15) is 0 Å². The minimum absolute atomic E-state index is 0.431. The summed E-state index contributed by atoms with van der Waals surface area (Å²) >= 11 is 0. The minimum Gasteiger partial charge on any atom is -0.384 e. The van der Waals surface area contributed by atoms with Gasteiger partial charge >= 0.3 is 0 Å². The molecule has 0 radical (unpaired) electrons. The summed E-state index contributed by atoms with van der Waals surface area (Å²) in [6, 6.07) is 1.97. The molecule has 0 unspecified atom stereocenters. The Morgan fingerprint density at radius 3 is 2.10 bits per heavy atom. The van der Waals surface area contributed by atoms with Crippen molar-refractivity contribution >= 4 is 5.82 Å². The molecule has 2 fully saturated rings. The van der Waals surface area contributed by atoms with E-state index < -0.39 is 0 Å². The maximum absolute atomic E-state index is 5.98. The van der Waals surface area contributed by atoms with E-state index in [1.165, 1.54) is 44.2 Å². The second kappa shape index (κ2) is 5.01. The van der Waals surface area contributed by atoms with Crippen LogP contribution in [0.15, 0.2) is 6.07 Å². The van der Waals surface area contributed by atoms with E-state index in [0.717, 1.165) is 11.7 Å². The van der Waals surface area contributed by atoms with Crippen molar-refractivity contribution < 1.29 is 0 Å². The largest absolute Gasteiger partial charge is 0.384 e. The van der Waals surface area contributed by atoms with Gasteiger partial charge in [-0.25, -0.2) is 9.97 Å². The molecule has 0 atom stereocenters. The first kappa shape index (κ1) is 13.8. The van der Waals surface area contributed by atoms with Crippen LogP contribution in [0.2, 0.25) is 0 Å². The van der Waals surface area contributed by atoms with Gasteiger partial charge in [-0.3, -0.25) is 0 Å². The number of hydrogen-bond acceptors (Lipinski definition) is 3. The highest BCUT2D eigenvalue weighted by Crippen LogP contribution is 2.44. The number of nitrogens with zero attached hydrogens (tertiary/aromatic N) is 2. The Morgan fingerprint density at radius 1 is 0.950 bits per heavy atom. The molecule has 20 heavy (non-hydrogen) atoms. The maximum Gasteiger partial charge on any atom is 0.134 e. The molecule has 1 heterocycles. The summed E-state index contributed by atoms with van der Waals surface area (Å²) < 4.78 is 0. The first-order chi connectivity index (χ1) is 9.43. The van der Waals surface area contributed by atoms with Crippen molar-refractivity contribution in [2.45, 2.75) is 71.1 Å². The standard InChI is InChI=1S/C17H27N3/c1-17(2,3)13-8-6-12(7-9-13)16-19-14(11-4-5-11)10-15(18)20-16/h10-13H,4-9H2,1-3H3,(H2,18,19,20). The number of nitrogen functional groups attached to an aromatic ring is 1. The SMILES string of the molecule is CC(C)(C)C1CCC(c2nc(N)cc(C3CC3)n2)CC1. The van der Waals surface area contributed by atoms with E-state index in [1.54, 1.807) is 0 Å². The zero-order chi connectivity index (χ0) is 14.3. The van der Waals surface area contributed by atoms with Crippen LogP contribution in [0, 0.1) is 11.3 Å². The maximum atomic E-state index is 5.98. The Labute approximate surface area is 122 Å². The molecule has 2 saturated carbocycles. The average molecular weight is 273 g/mol. The van der Waals surface area contributed by atoms with Gasteiger partial charge in [0.2, 0.25) is 0 Å². The van der Waals surface area contributed by atoms with E-state index in [-0.39, 0.29) is 0 Å². The summed E-state index contributed by atoms with van der Waals surface area (Å²) in [4.78, 5) is 9.34. The Morgan fingerprint density at radius 2 is 1.55 bits per heavy atom. The van der Waals surface area contributed by atoms with E-state index in [1.807, 2.05) is 6.07 Å². The molecule has 0 saturated heterocycles. The summed E-state index contributed by atoms with van der Waals surface area (Å²) in [5, 5.41) is 0. The summed E-state index contributed by atoms with van der Waals surface area (Å²) in [6.45, 7) is 7.08. The van der Waals surface area contributed by atoms with Gasteiger partial charge in [-0.05, 0) is 49.9 Å². The first-order valence-electron chi connectivity index (χ1n) is 8.08. The molecule has 0 amide bonds. The van der Waals surface area contributed by atoms with Gasteiger partial charge in [0.15, 0.2) is 0 Å². The van der Waals surface area contributed by atoms with E-state index in [4.69, 9.17) is 10.7 Å². The fourth-order valence-electron chi connectivity index (χ4n) is 3.49. The molecule has 3 heteroatoms. The lowest BCUT2D eigenvalue weighted by atomic mass is 9.69. The summed E-state index contributed by atoms with van der Waals surface area (Å²) in [7, 11) is 0. The van der Waals surface area contributed by atoms with Crippen molar-refractivity contribution in [3.05, 3.63) is 17.6 Å². The zero-order valence-electron chi connectivity index (χ0n) is 13.0. The lowest BCUT2D eigenvalue weighted by Gasteiger charge is -2.36. The van der Waals surface area contributed by atoms with Crippen LogP contribution in [0.25, 0.3) is 0 Å². The van der Waals surface area contributed by atoms with Crippen LogP contribution in [0.4, 0.5) is 5.82 Å². The van der Waals surface area contributed by atoms with Crippen molar-refractivity contribution in [2.75, 3.05) is 5.73 Å². The van der Waals surface area contributed by atoms with Gasteiger partial charge in [-0.2, -0.15) is 0 Å². The number of rotatable bonds is 2. The quantitative estimate of drug-likeness (QED) is 0.876. The molecular weight excluding hydrogens is 246 g/mol. The summed E-state index contributed by atoms with van der Waals surface area (Å²) in [5.74, 6) is 3.69. The smallest absolute Gasteiger partial charge is 0.134 e. The van der Waals surface area contributed by atoms with E-state index >= 15 is 0 Å². The van der Waals surface area contributed by atoms with Crippen LogP contribution in [-0.4, -0.2) is 9.97 Å². The normalized spacial score (nSPS) is 27.6. The summed E-state index contributed by atoms with van der Waals surface area (Å²) in [6.07, 6.45) is 7.57.